The lowest BCUT2D eigenvalue weighted by Crippen LogP contribution is -2.32. The molecule has 2 aliphatic heterocycles. The zero-order chi connectivity index (χ0) is 11.7. The van der Waals surface area contributed by atoms with Gasteiger partial charge in [-0.1, -0.05) is 0 Å². The number of anilines is 1. The fourth-order valence-electron chi connectivity index (χ4n) is 2.00. The molecule has 90 valence electrons. The summed E-state index contributed by atoms with van der Waals surface area (Å²) in [7, 11) is 2.00. The molecule has 1 saturated heterocycles. The molecule has 0 saturated carbocycles. The van der Waals surface area contributed by atoms with Crippen LogP contribution in [0.25, 0.3) is 0 Å². The smallest absolute Gasteiger partial charge is 0.185 e. The Kier molecular flexibility index (Phi) is 2.70. The Morgan fingerprint density at radius 1 is 1.29 bits per heavy atom. The zero-order valence-corrected chi connectivity index (χ0v) is 9.74. The maximum atomic E-state index is 5.43. The van der Waals surface area contributed by atoms with Gasteiger partial charge in [0.15, 0.2) is 6.29 Å². The first kappa shape index (κ1) is 10.6. The summed E-state index contributed by atoms with van der Waals surface area (Å²) in [5.41, 5.74) is 0.973. The minimum absolute atomic E-state index is 0.244. The van der Waals surface area contributed by atoms with Crippen molar-refractivity contribution < 1.29 is 9.47 Å². The second-order valence-electron chi connectivity index (χ2n) is 4.06. The highest BCUT2D eigenvalue weighted by molar-refractivity contribution is 5.41. The van der Waals surface area contributed by atoms with Crippen molar-refractivity contribution in [1.82, 2.24) is 9.99 Å². The van der Waals surface area contributed by atoms with E-state index in [1.807, 2.05) is 36.6 Å². The van der Waals surface area contributed by atoms with Gasteiger partial charge in [0, 0.05) is 25.0 Å². The van der Waals surface area contributed by atoms with Gasteiger partial charge in [-0.3, -0.25) is 10.0 Å². The Labute approximate surface area is 100 Å². The van der Waals surface area contributed by atoms with E-state index < -0.39 is 0 Å². The molecule has 1 aromatic heterocycles. The summed E-state index contributed by atoms with van der Waals surface area (Å²) in [6, 6.07) is 3.99. The van der Waals surface area contributed by atoms with Gasteiger partial charge in [-0.15, -0.1) is 0 Å². The quantitative estimate of drug-likeness (QED) is 0.770. The van der Waals surface area contributed by atoms with E-state index >= 15 is 0 Å². The minimum atomic E-state index is -0.244. The number of pyridine rings is 1. The molecule has 1 aromatic rings. The average Bonchev–Trinajstić information content (AvgIpc) is 3.00. The van der Waals surface area contributed by atoms with Gasteiger partial charge < -0.3 is 9.47 Å². The van der Waals surface area contributed by atoms with Gasteiger partial charge in [-0.05, 0) is 18.2 Å². The molecule has 0 aliphatic carbocycles. The molecule has 0 unspecified atom stereocenters. The van der Waals surface area contributed by atoms with Crippen molar-refractivity contribution in [2.75, 3.05) is 31.8 Å². The molecule has 3 rings (SSSR count). The van der Waals surface area contributed by atoms with Gasteiger partial charge >= 0.3 is 0 Å². The van der Waals surface area contributed by atoms with E-state index in [0.29, 0.717) is 13.2 Å². The van der Waals surface area contributed by atoms with Crippen LogP contribution in [0.4, 0.5) is 5.82 Å². The molecule has 0 spiro atoms. The number of rotatable bonds is 2. The lowest BCUT2D eigenvalue weighted by Gasteiger charge is -2.26. The number of hydrogen-bond donors (Lipinski definition) is 0. The first-order valence-corrected chi connectivity index (χ1v) is 5.71. The predicted molar refractivity (Wildman–Crippen MR) is 63.1 cm³/mol. The number of nitrogens with zero attached hydrogens (tertiary/aromatic N) is 3. The molecule has 2 aliphatic rings. The zero-order valence-electron chi connectivity index (χ0n) is 9.74. The van der Waals surface area contributed by atoms with E-state index in [-0.39, 0.29) is 6.29 Å². The Bertz CT molecular complexity index is 412. The molecule has 0 N–H and O–H groups in total. The fraction of sp³-hybridized carbons (Fsp3) is 0.417. The Balaban J connectivity index is 1.75. The van der Waals surface area contributed by atoms with Crippen LogP contribution in [-0.4, -0.2) is 36.8 Å². The number of hydrazine groups is 1. The highest BCUT2D eigenvalue weighted by Crippen LogP contribution is 2.24. The van der Waals surface area contributed by atoms with Crippen LogP contribution in [0, 0.1) is 0 Å². The molecule has 0 bridgehead atoms. The van der Waals surface area contributed by atoms with Crippen molar-refractivity contribution in [3.05, 3.63) is 36.2 Å². The van der Waals surface area contributed by atoms with Crippen LogP contribution in [0.15, 0.2) is 30.6 Å². The first-order chi connectivity index (χ1) is 8.34. The molecule has 0 atom stereocenters. The lowest BCUT2D eigenvalue weighted by atomic mass is 10.2. The summed E-state index contributed by atoms with van der Waals surface area (Å²) in [5.74, 6) is 0.930. The van der Waals surface area contributed by atoms with E-state index in [0.717, 1.165) is 17.9 Å². The number of ether oxygens (including phenoxy) is 2. The summed E-state index contributed by atoms with van der Waals surface area (Å²) in [6.07, 6.45) is 5.70. The predicted octanol–water partition coefficient (Wildman–Crippen LogP) is 1.31. The lowest BCUT2D eigenvalue weighted by molar-refractivity contribution is -0.0443. The van der Waals surface area contributed by atoms with Gasteiger partial charge in [0.1, 0.15) is 5.82 Å². The second kappa shape index (κ2) is 4.35. The average molecular weight is 233 g/mol. The molecule has 17 heavy (non-hydrogen) atoms. The first-order valence-electron chi connectivity index (χ1n) is 5.71. The largest absolute Gasteiger partial charge is 0.346 e. The SMILES string of the molecule is CN1C=CCN1c1ccc(C2OCCO2)cn1. The van der Waals surface area contributed by atoms with E-state index in [1.165, 1.54) is 0 Å². The molecule has 0 aromatic carbocycles. The van der Waals surface area contributed by atoms with Crippen molar-refractivity contribution in [1.29, 1.82) is 0 Å². The minimum Gasteiger partial charge on any atom is -0.346 e. The topological polar surface area (TPSA) is 37.8 Å². The van der Waals surface area contributed by atoms with Crippen LogP contribution in [0.3, 0.4) is 0 Å². The van der Waals surface area contributed by atoms with E-state index in [1.54, 1.807) is 0 Å². The highest BCUT2D eigenvalue weighted by Gasteiger charge is 2.20. The molecule has 5 heteroatoms. The van der Waals surface area contributed by atoms with E-state index in [4.69, 9.17) is 9.47 Å². The second-order valence-corrected chi connectivity index (χ2v) is 4.06. The molecular formula is C12H15N3O2. The highest BCUT2D eigenvalue weighted by atomic mass is 16.7. The fourth-order valence-corrected chi connectivity index (χ4v) is 2.00. The summed E-state index contributed by atoms with van der Waals surface area (Å²) < 4.78 is 10.9. The Morgan fingerprint density at radius 2 is 2.12 bits per heavy atom. The van der Waals surface area contributed by atoms with Gasteiger partial charge in [0.2, 0.25) is 0 Å². The van der Waals surface area contributed by atoms with Gasteiger partial charge in [0.05, 0.1) is 19.8 Å². The summed E-state index contributed by atoms with van der Waals surface area (Å²) >= 11 is 0. The van der Waals surface area contributed by atoms with Crippen molar-refractivity contribution in [2.45, 2.75) is 6.29 Å². The normalized spacial score (nSPS) is 20.5. The number of aromatic nitrogens is 1. The van der Waals surface area contributed by atoms with Crippen molar-refractivity contribution >= 4 is 5.82 Å². The Hall–Kier alpha value is -1.59. The number of hydrogen-bond acceptors (Lipinski definition) is 5. The molecular weight excluding hydrogens is 218 g/mol. The molecule has 0 radical (unpaired) electrons. The van der Waals surface area contributed by atoms with Crippen molar-refractivity contribution in [3.63, 3.8) is 0 Å². The van der Waals surface area contributed by atoms with Crippen LogP contribution in [0.2, 0.25) is 0 Å². The third-order valence-electron chi connectivity index (χ3n) is 2.91. The van der Waals surface area contributed by atoms with E-state index in [9.17, 15) is 0 Å². The van der Waals surface area contributed by atoms with Crippen molar-refractivity contribution in [3.8, 4) is 0 Å². The standard InChI is InChI=1S/C12H15N3O2/c1-14-5-2-6-15(14)11-4-3-10(9-13-11)12-16-7-8-17-12/h2-5,9,12H,6-8H2,1H3. The van der Waals surface area contributed by atoms with Crippen LogP contribution in [0.1, 0.15) is 11.9 Å². The van der Waals surface area contributed by atoms with E-state index in [2.05, 4.69) is 16.1 Å². The van der Waals surface area contributed by atoms with Crippen LogP contribution in [0.5, 0.6) is 0 Å². The molecule has 1 fully saturated rings. The third-order valence-corrected chi connectivity index (χ3v) is 2.91. The summed E-state index contributed by atoms with van der Waals surface area (Å²) in [6.45, 7) is 2.18. The summed E-state index contributed by atoms with van der Waals surface area (Å²) in [4.78, 5) is 4.44. The Morgan fingerprint density at radius 3 is 2.71 bits per heavy atom. The van der Waals surface area contributed by atoms with Crippen LogP contribution >= 0.6 is 0 Å². The summed E-state index contributed by atoms with van der Waals surface area (Å²) in [5, 5.41) is 4.10. The maximum absolute atomic E-state index is 5.43. The maximum Gasteiger partial charge on any atom is 0.185 e. The molecule has 0 amide bonds. The van der Waals surface area contributed by atoms with Crippen LogP contribution < -0.4 is 5.01 Å². The van der Waals surface area contributed by atoms with Gasteiger partial charge in [0.25, 0.3) is 0 Å². The molecule has 3 heterocycles. The van der Waals surface area contributed by atoms with Gasteiger partial charge in [-0.2, -0.15) is 0 Å². The monoisotopic (exact) mass is 233 g/mol. The third kappa shape index (κ3) is 1.99. The van der Waals surface area contributed by atoms with Crippen LogP contribution in [-0.2, 0) is 9.47 Å². The van der Waals surface area contributed by atoms with Gasteiger partial charge in [-0.25, -0.2) is 4.98 Å². The van der Waals surface area contributed by atoms with Crippen molar-refractivity contribution in [2.24, 2.45) is 0 Å². The molecule has 5 nitrogen and oxygen atoms in total.